The van der Waals surface area contributed by atoms with Crippen LogP contribution in [0.5, 0.6) is 5.75 Å². The van der Waals surface area contributed by atoms with Crippen molar-refractivity contribution in [2.24, 2.45) is 5.10 Å². The molecular weight excluding hydrogens is 520 g/mol. The van der Waals surface area contributed by atoms with E-state index in [4.69, 9.17) is 13.9 Å². The van der Waals surface area contributed by atoms with Crippen molar-refractivity contribution in [2.45, 2.75) is 13.2 Å². The fourth-order valence-electron chi connectivity index (χ4n) is 2.86. The van der Waals surface area contributed by atoms with Crippen LogP contribution in [0, 0.1) is 0 Å². The average molecular weight is 534 g/mol. The predicted molar refractivity (Wildman–Crippen MR) is 116 cm³/mol. The number of nitrogens with one attached hydrogen (secondary N) is 1. The van der Waals surface area contributed by atoms with Crippen molar-refractivity contribution in [1.82, 2.24) is 5.43 Å². The zero-order valence-electron chi connectivity index (χ0n) is 15.4. The molecule has 2 aromatic carbocycles. The largest absolute Gasteiger partial charge is 0.457 e. The molecule has 152 valence electrons. The fourth-order valence-corrected chi connectivity index (χ4v) is 4.20. The fraction of sp³-hybridized carbons (Fsp3) is 0.0952. The Morgan fingerprint density at radius 2 is 1.93 bits per heavy atom. The number of nitrogens with zero attached hydrogens (tertiary/aromatic N) is 1. The van der Waals surface area contributed by atoms with Crippen LogP contribution in [0.15, 0.2) is 67.2 Å². The summed E-state index contributed by atoms with van der Waals surface area (Å²) < 4.78 is 17.1. The van der Waals surface area contributed by atoms with E-state index in [2.05, 4.69) is 42.4 Å². The number of carbonyl (C=O) groups excluding carboxylic acids is 2. The van der Waals surface area contributed by atoms with Crippen LogP contribution >= 0.6 is 31.9 Å². The van der Waals surface area contributed by atoms with Gasteiger partial charge in [-0.15, -0.1) is 0 Å². The van der Waals surface area contributed by atoms with Gasteiger partial charge in [0.15, 0.2) is 5.75 Å². The number of ether oxygens (including phenoxy) is 2. The number of rotatable bonds is 5. The molecule has 2 heterocycles. The lowest BCUT2D eigenvalue weighted by Gasteiger charge is -2.09. The monoisotopic (exact) mass is 532 g/mol. The molecule has 0 aliphatic carbocycles. The van der Waals surface area contributed by atoms with E-state index in [-0.39, 0.29) is 17.4 Å². The van der Waals surface area contributed by atoms with Gasteiger partial charge in [0.1, 0.15) is 0 Å². The van der Waals surface area contributed by atoms with Crippen LogP contribution in [-0.2, 0) is 18.0 Å². The molecule has 0 spiro atoms. The number of halogens is 2. The maximum Gasteiger partial charge on any atom is 0.379 e. The summed E-state index contributed by atoms with van der Waals surface area (Å²) >= 11 is 6.77. The van der Waals surface area contributed by atoms with Gasteiger partial charge in [0, 0.05) is 15.6 Å². The number of hydrogen-bond acceptors (Lipinski definition) is 6. The van der Waals surface area contributed by atoms with Crippen LogP contribution in [-0.4, -0.2) is 18.1 Å². The molecule has 1 aliphatic heterocycles. The Hall–Kier alpha value is -2.75. The summed E-state index contributed by atoms with van der Waals surface area (Å²) in [5.74, 6) is -0.694. The van der Waals surface area contributed by atoms with Crippen LogP contribution in [0.4, 0.5) is 0 Å². The summed E-state index contributed by atoms with van der Waals surface area (Å²) in [7, 11) is 0. The summed E-state index contributed by atoms with van der Waals surface area (Å²) in [4.78, 5) is 24.7. The number of amides is 1. The molecule has 0 atom stereocenters. The van der Waals surface area contributed by atoms with E-state index >= 15 is 0 Å². The highest BCUT2D eigenvalue weighted by atomic mass is 79.9. The lowest BCUT2D eigenvalue weighted by Crippen LogP contribution is -2.18. The Kier molecular flexibility index (Phi) is 6.12. The topological polar surface area (TPSA) is 90.1 Å². The SMILES string of the molecule is O=C(NN=Cc1cc(Br)cc(Br)c1OC(=O)c1ccco1)c1ccc2c(c1)COC2. The van der Waals surface area contributed by atoms with Gasteiger partial charge in [0.05, 0.1) is 30.2 Å². The van der Waals surface area contributed by atoms with E-state index in [1.54, 1.807) is 30.3 Å². The Balaban J connectivity index is 1.51. The van der Waals surface area contributed by atoms with E-state index in [0.29, 0.717) is 28.8 Å². The van der Waals surface area contributed by atoms with Crippen LogP contribution in [0.3, 0.4) is 0 Å². The van der Waals surface area contributed by atoms with Gasteiger partial charge < -0.3 is 13.9 Å². The van der Waals surface area contributed by atoms with E-state index in [0.717, 1.165) is 15.6 Å². The molecule has 0 bridgehead atoms. The summed E-state index contributed by atoms with van der Waals surface area (Å²) in [5, 5.41) is 4.01. The van der Waals surface area contributed by atoms with Crippen molar-refractivity contribution in [3.8, 4) is 5.75 Å². The van der Waals surface area contributed by atoms with E-state index in [1.807, 2.05) is 6.07 Å². The smallest absolute Gasteiger partial charge is 0.379 e. The highest BCUT2D eigenvalue weighted by molar-refractivity contribution is 9.11. The van der Waals surface area contributed by atoms with Gasteiger partial charge in [-0.25, -0.2) is 10.2 Å². The molecule has 1 aliphatic rings. The van der Waals surface area contributed by atoms with Gasteiger partial charge in [0.25, 0.3) is 5.91 Å². The molecule has 30 heavy (non-hydrogen) atoms. The maximum atomic E-state index is 12.4. The molecule has 0 saturated carbocycles. The molecule has 1 aromatic heterocycles. The second-order valence-electron chi connectivity index (χ2n) is 6.35. The summed E-state index contributed by atoms with van der Waals surface area (Å²) in [6, 6.07) is 11.9. The molecule has 4 rings (SSSR count). The zero-order valence-corrected chi connectivity index (χ0v) is 18.5. The van der Waals surface area contributed by atoms with Crippen molar-refractivity contribution in [3.05, 3.63) is 85.7 Å². The highest BCUT2D eigenvalue weighted by Crippen LogP contribution is 2.32. The predicted octanol–water partition coefficient (Wildman–Crippen LogP) is 4.82. The second kappa shape index (κ2) is 8.95. The third-order valence-corrected chi connectivity index (χ3v) is 5.35. The lowest BCUT2D eigenvalue weighted by atomic mass is 10.1. The number of fused-ring (bicyclic) bond motifs is 1. The molecular formula is C21H14Br2N2O5. The van der Waals surface area contributed by atoms with Crippen LogP contribution in [0.2, 0.25) is 0 Å². The molecule has 0 radical (unpaired) electrons. The lowest BCUT2D eigenvalue weighted by molar-refractivity contribution is 0.0699. The van der Waals surface area contributed by atoms with Crippen molar-refractivity contribution in [2.75, 3.05) is 0 Å². The van der Waals surface area contributed by atoms with Gasteiger partial charge >= 0.3 is 5.97 Å². The molecule has 0 unspecified atom stereocenters. The Bertz CT molecular complexity index is 1140. The summed E-state index contributed by atoms with van der Waals surface area (Å²) in [6.07, 6.45) is 2.78. The number of carbonyl (C=O) groups is 2. The Morgan fingerprint density at radius 1 is 1.10 bits per heavy atom. The van der Waals surface area contributed by atoms with Crippen LogP contribution < -0.4 is 10.2 Å². The number of hydrazone groups is 1. The molecule has 3 aromatic rings. The molecule has 1 N–H and O–H groups in total. The Morgan fingerprint density at radius 3 is 2.73 bits per heavy atom. The quantitative estimate of drug-likeness (QED) is 0.220. The first-order chi connectivity index (χ1) is 14.5. The van der Waals surface area contributed by atoms with E-state index < -0.39 is 5.97 Å². The first-order valence-electron chi connectivity index (χ1n) is 8.79. The van der Waals surface area contributed by atoms with Crippen molar-refractivity contribution < 1.29 is 23.5 Å². The number of furan rings is 1. The third-order valence-electron chi connectivity index (χ3n) is 4.31. The minimum absolute atomic E-state index is 0.0709. The minimum atomic E-state index is -0.651. The molecule has 0 saturated heterocycles. The third kappa shape index (κ3) is 4.53. The number of benzene rings is 2. The van der Waals surface area contributed by atoms with Crippen molar-refractivity contribution >= 4 is 50.0 Å². The summed E-state index contributed by atoms with van der Waals surface area (Å²) in [6.45, 7) is 1.06. The van der Waals surface area contributed by atoms with Gasteiger partial charge in [0.2, 0.25) is 5.76 Å². The molecule has 0 fully saturated rings. The standard InChI is InChI=1S/C21H14Br2N2O5/c22-16-7-14(19(17(23)8-16)30-21(27)18-2-1-5-29-18)9-24-25-20(26)12-3-4-13-10-28-11-15(13)6-12/h1-9H,10-11H2,(H,25,26). The van der Waals surface area contributed by atoms with E-state index in [1.165, 1.54) is 18.5 Å². The van der Waals surface area contributed by atoms with E-state index in [9.17, 15) is 9.59 Å². The van der Waals surface area contributed by atoms with Gasteiger partial charge in [-0.1, -0.05) is 22.0 Å². The van der Waals surface area contributed by atoms with Gasteiger partial charge in [-0.05, 0) is 63.5 Å². The average Bonchev–Trinajstić information content (AvgIpc) is 3.41. The molecule has 1 amide bonds. The van der Waals surface area contributed by atoms with Gasteiger partial charge in [-0.3, -0.25) is 4.79 Å². The zero-order chi connectivity index (χ0) is 21.1. The normalized spacial score (nSPS) is 12.7. The first-order valence-corrected chi connectivity index (χ1v) is 10.4. The Labute approximate surface area is 188 Å². The van der Waals surface area contributed by atoms with Crippen LogP contribution in [0.25, 0.3) is 0 Å². The number of esters is 1. The van der Waals surface area contributed by atoms with Crippen LogP contribution in [0.1, 0.15) is 37.6 Å². The van der Waals surface area contributed by atoms with Crippen molar-refractivity contribution in [3.63, 3.8) is 0 Å². The van der Waals surface area contributed by atoms with Gasteiger partial charge in [-0.2, -0.15) is 5.10 Å². The minimum Gasteiger partial charge on any atom is -0.457 e. The summed E-state index contributed by atoms with van der Waals surface area (Å²) in [5.41, 5.74) is 5.52. The highest BCUT2D eigenvalue weighted by Gasteiger charge is 2.17. The number of hydrogen-bond donors (Lipinski definition) is 1. The molecule has 7 nitrogen and oxygen atoms in total. The maximum absolute atomic E-state index is 12.4. The molecule has 9 heteroatoms. The second-order valence-corrected chi connectivity index (χ2v) is 8.12. The first kappa shape index (κ1) is 20.5. The van der Waals surface area contributed by atoms with Crippen molar-refractivity contribution in [1.29, 1.82) is 0 Å².